The molecule has 0 saturated heterocycles. The molecule has 2 aromatic carbocycles. The van der Waals surface area contributed by atoms with Gasteiger partial charge in [0.15, 0.2) is 5.82 Å². The first kappa shape index (κ1) is 25.9. The van der Waals surface area contributed by atoms with E-state index >= 15 is 4.39 Å². The third-order valence-corrected chi connectivity index (χ3v) is 7.04. The Kier molecular flexibility index (Phi) is 7.49. The summed E-state index contributed by atoms with van der Waals surface area (Å²) in [5.74, 6) is -1.88. The van der Waals surface area contributed by atoms with Crippen molar-refractivity contribution in [1.29, 1.82) is 0 Å². The van der Waals surface area contributed by atoms with Gasteiger partial charge in [0.2, 0.25) is 0 Å². The van der Waals surface area contributed by atoms with E-state index in [4.69, 9.17) is 16.3 Å². The highest BCUT2D eigenvalue weighted by Gasteiger charge is 2.38. The highest BCUT2D eigenvalue weighted by Crippen LogP contribution is 2.34. The Morgan fingerprint density at radius 3 is 2.47 bits per heavy atom. The number of carbonyl (C=O) groups is 1. The molecule has 1 aromatic heterocycles. The summed E-state index contributed by atoms with van der Waals surface area (Å²) < 4.78 is 61.4. The van der Waals surface area contributed by atoms with Crippen LogP contribution in [-0.2, 0) is 14.8 Å². The molecule has 0 saturated carbocycles. The summed E-state index contributed by atoms with van der Waals surface area (Å²) in [5.41, 5.74) is 0.665. The molecule has 0 bridgehead atoms. The third-order valence-electron chi connectivity index (χ3n) is 4.47. The quantitative estimate of drug-likeness (QED) is 0.398. The number of thiazole rings is 1. The Hall–Kier alpha value is -2.76. The molecule has 0 spiro atoms. The summed E-state index contributed by atoms with van der Waals surface area (Å²) >= 11 is 7.30. The molecule has 1 N–H and O–H groups in total. The molecular weight excluding hydrogens is 508 g/mol. The number of carbonyl (C=O) groups excluding carboxylic acids is 1. The molecule has 7 nitrogen and oxygen atoms in total. The predicted molar refractivity (Wildman–Crippen MR) is 128 cm³/mol. The standard InChI is InChI=1S/C22H22ClF2N3O4S2/c1-13(14-7-5-6-8-16(14)24)27-18-10-17(25)19(9-15(18)23)34(30,31)28(20-11-33-12-26-20)21(29)32-22(2,3)4/h5-13,27H,1-4H3. The summed E-state index contributed by atoms with van der Waals surface area (Å²) in [7, 11) is -4.80. The van der Waals surface area contributed by atoms with Crippen molar-refractivity contribution in [3.8, 4) is 0 Å². The maximum absolute atomic E-state index is 15.1. The number of nitrogens with one attached hydrogen (secondary N) is 1. The Morgan fingerprint density at radius 1 is 1.21 bits per heavy atom. The Balaban J connectivity index is 2.00. The molecule has 1 amide bonds. The lowest BCUT2D eigenvalue weighted by Crippen LogP contribution is -2.41. The van der Waals surface area contributed by atoms with Crippen molar-refractivity contribution in [2.24, 2.45) is 0 Å². The first-order valence-corrected chi connectivity index (χ1v) is 12.7. The lowest BCUT2D eigenvalue weighted by Gasteiger charge is -2.26. The van der Waals surface area contributed by atoms with E-state index in [0.29, 0.717) is 9.87 Å². The Morgan fingerprint density at radius 2 is 1.88 bits per heavy atom. The van der Waals surface area contributed by atoms with Crippen molar-refractivity contribution in [2.45, 2.75) is 44.2 Å². The van der Waals surface area contributed by atoms with Crippen LogP contribution < -0.4 is 9.62 Å². The van der Waals surface area contributed by atoms with Crippen molar-refractivity contribution in [2.75, 3.05) is 9.62 Å². The van der Waals surface area contributed by atoms with Crippen LogP contribution >= 0.6 is 22.9 Å². The number of nitrogens with zero attached hydrogens (tertiary/aromatic N) is 2. The lowest BCUT2D eigenvalue weighted by atomic mass is 10.1. The van der Waals surface area contributed by atoms with Crippen LogP contribution in [0.15, 0.2) is 52.2 Å². The van der Waals surface area contributed by atoms with Gasteiger partial charge in [-0.25, -0.2) is 27.0 Å². The minimum absolute atomic E-state index is 0.0475. The molecule has 12 heteroatoms. The largest absolute Gasteiger partial charge is 0.443 e. The minimum atomic E-state index is -4.80. The van der Waals surface area contributed by atoms with Crippen molar-refractivity contribution in [3.63, 3.8) is 0 Å². The number of aromatic nitrogens is 1. The number of benzene rings is 2. The molecule has 0 fully saturated rings. The topological polar surface area (TPSA) is 88.6 Å². The van der Waals surface area contributed by atoms with E-state index in [2.05, 4.69) is 10.3 Å². The van der Waals surface area contributed by atoms with Crippen LogP contribution in [0.25, 0.3) is 0 Å². The Labute approximate surface area is 205 Å². The van der Waals surface area contributed by atoms with Gasteiger partial charge in [0.05, 0.1) is 22.3 Å². The van der Waals surface area contributed by atoms with Gasteiger partial charge in [-0.2, -0.15) is 0 Å². The van der Waals surface area contributed by atoms with E-state index in [1.54, 1.807) is 39.8 Å². The van der Waals surface area contributed by atoms with E-state index in [-0.39, 0.29) is 16.5 Å². The van der Waals surface area contributed by atoms with E-state index in [1.807, 2.05) is 0 Å². The molecule has 0 aliphatic heterocycles. The highest BCUT2D eigenvalue weighted by molar-refractivity contribution is 7.93. The molecular formula is C22H22ClF2N3O4S2. The van der Waals surface area contributed by atoms with E-state index < -0.39 is 44.3 Å². The number of sulfonamides is 1. The van der Waals surface area contributed by atoms with Crippen LogP contribution in [0.1, 0.15) is 39.3 Å². The Bertz CT molecular complexity index is 1300. The highest BCUT2D eigenvalue weighted by atomic mass is 35.5. The smallest absolute Gasteiger partial charge is 0.430 e. The molecule has 3 aromatic rings. The number of rotatable bonds is 6. The fourth-order valence-electron chi connectivity index (χ4n) is 3.00. The number of anilines is 2. The molecule has 0 aliphatic carbocycles. The molecule has 3 rings (SSSR count). The van der Waals surface area contributed by atoms with Crippen LogP contribution in [0.2, 0.25) is 5.02 Å². The zero-order valence-electron chi connectivity index (χ0n) is 18.7. The minimum Gasteiger partial charge on any atom is -0.443 e. The second kappa shape index (κ2) is 9.85. The second-order valence-electron chi connectivity index (χ2n) is 8.25. The number of hydrogen-bond acceptors (Lipinski definition) is 7. The fraction of sp³-hybridized carbons (Fsp3) is 0.273. The fourth-order valence-corrected chi connectivity index (χ4v) is 5.21. The summed E-state index contributed by atoms with van der Waals surface area (Å²) in [6, 6.07) is 7.19. The second-order valence-corrected chi connectivity index (χ2v) is 11.1. The van der Waals surface area contributed by atoms with Crippen LogP contribution in [-0.4, -0.2) is 25.1 Å². The van der Waals surface area contributed by atoms with Gasteiger partial charge in [0, 0.05) is 10.9 Å². The molecule has 1 atom stereocenters. The van der Waals surface area contributed by atoms with E-state index in [9.17, 15) is 17.6 Å². The first-order valence-electron chi connectivity index (χ1n) is 9.98. The average Bonchev–Trinajstić information content (AvgIpc) is 3.23. The normalized spacial score (nSPS) is 12.8. The number of ether oxygens (including phenoxy) is 1. The number of amides is 1. The van der Waals surface area contributed by atoms with E-state index in [1.165, 1.54) is 23.0 Å². The van der Waals surface area contributed by atoms with Crippen molar-refractivity contribution < 1.29 is 26.7 Å². The summed E-state index contributed by atoms with van der Waals surface area (Å²) in [4.78, 5) is 15.8. The molecule has 0 aliphatic rings. The zero-order chi connectivity index (χ0) is 25.3. The van der Waals surface area contributed by atoms with Gasteiger partial charge < -0.3 is 10.1 Å². The third kappa shape index (κ3) is 5.65. The maximum Gasteiger partial charge on any atom is 0.430 e. The summed E-state index contributed by atoms with van der Waals surface area (Å²) in [6.07, 6.45) is -1.25. The molecule has 1 heterocycles. The monoisotopic (exact) mass is 529 g/mol. The van der Waals surface area contributed by atoms with Crippen LogP contribution in [0, 0.1) is 11.6 Å². The molecule has 0 radical (unpaired) electrons. The SMILES string of the molecule is CC(Nc1cc(F)c(S(=O)(=O)N(C(=O)OC(C)(C)C)c2cscn2)cc1Cl)c1ccccc1F. The maximum atomic E-state index is 15.1. The van der Waals surface area contributed by atoms with Crippen molar-refractivity contribution in [1.82, 2.24) is 4.98 Å². The van der Waals surface area contributed by atoms with Crippen molar-refractivity contribution in [3.05, 3.63) is 69.5 Å². The number of hydrogen-bond donors (Lipinski definition) is 1. The molecule has 182 valence electrons. The summed E-state index contributed by atoms with van der Waals surface area (Å²) in [5, 5.41) is 4.04. The van der Waals surface area contributed by atoms with Gasteiger partial charge in [-0.3, -0.25) is 0 Å². The predicted octanol–water partition coefficient (Wildman–Crippen LogP) is 6.38. The van der Waals surface area contributed by atoms with Crippen LogP contribution in [0.5, 0.6) is 0 Å². The first-order chi connectivity index (χ1) is 15.8. The number of halogens is 3. The summed E-state index contributed by atoms with van der Waals surface area (Å²) in [6.45, 7) is 6.33. The van der Waals surface area contributed by atoms with Crippen LogP contribution in [0.3, 0.4) is 0 Å². The van der Waals surface area contributed by atoms with Gasteiger partial charge in [-0.15, -0.1) is 15.6 Å². The van der Waals surface area contributed by atoms with Gasteiger partial charge in [-0.1, -0.05) is 29.8 Å². The van der Waals surface area contributed by atoms with Crippen molar-refractivity contribution >= 4 is 50.6 Å². The average molecular weight is 530 g/mol. The van der Waals surface area contributed by atoms with Gasteiger partial charge >= 0.3 is 6.09 Å². The molecule has 34 heavy (non-hydrogen) atoms. The van der Waals surface area contributed by atoms with Gasteiger partial charge in [0.1, 0.15) is 22.1 Å². The van der Waals surface area contributed by atoms with E-state index in [0.717, 1.165) is 23.5 Å². The van der Waals surface area contributed by atoms with Gasteiger partial charge in [0.25, 0.3) is 10.0 Å². The zero-order valence-corrected chi connectivity index (χ0v) is 21.1. The van der Waals surface area contributed by atoms with Gasteiger partial charge in [-0.05, 0) is 45.9 Å². The van der Waals surface area contributed by atoms with Crippen LogP contribution in [0.4, 0.5) is 25.1 Å². The molecule has 1 unspecified atom stereocenters. The lowest BCUT2D eigenvalue weighted by molar-refractivity contribution is 0.0608.